The summed E-state index contributed by atoms with van der Waals surface area (Å²) in [6.45, 7) is 5.99. The van der Waals surface area contributed by atoms with Gasteiger partial charge in [0.1, 0.15) is 6.04 Å². The molecule has 0 fully saturated rings. The molecule has 1 aromatic rings. The Morgan fingerprint density at radius 2 is 1.95 bits per heavy atom. The minimum atomic E-state index is -0.323. The first-order valence-electron chi connectivity index (χ1n) is 6.96. The summed E-state index contributed by atoms with van der Waals surface area (Å²) in [5.74, 6) is -0.0142. The van der Waals surface area contributed by atoms with E-state index in [0.29, 0.717) is 10.0 Å². The summed E-state index contributed by atoms with van der Waals surface area (Å²) in [6, 6.07) is 5.10. The molecule has 0 aliphatic carbocycles. The molecule has 20 heavy (non-hydrogen) atoms. The van der Waals surface area contributed by atoms with Crippen LogP contribution in [0.25, 0.3) is 0 Å². The number of amides is 1. The van der Waals surface area contributed by atoms with Crippen LogP contribution in [0.4, 0.5) is 5.69 Å². The largest absolute Gasteiger partial charge is 0.374 e. The zero-order valence-electron chi connectivity index (χ0n) is 12.2. The van der Waals surface area contributed by atoms with E-state index in [1.54, 1.807) is 18.2 Å². The third-order valence-corrected chi connectivity index (χ3v) is 3.81. The molecule has 1 aromatic carbocycles. The van der Waals surface area contributed by atoms with Crippen LogP contribution in [0.2, 0.25) is 10.0 Å². The zero-order valence-corrected chi connectivity index (χ0v) is 13.7. The molecule has 1 unspecified atom stereocenters. The lowest BCUT2D eigenvalue weighted by Crippen LogP contribution is -2.42. The number of anilines is 1. The summed E-state index contributed by atoms with van der Waals surface area (Å²) in [5, 5.41) is 7.09. The molecule has 112 valence electrons. The third-order valence-electron chi connectivity index (χ3n) is 3.08. The second kappa shape index (κ2) is 8.38. The fourth-order valence-electron chi connectivity index (χ4n) is 1.85. The number of carbonyl (C=O) groups is 1. The maximum Gasteiger partial charge on any atom is 0.242 e. The van der Waals surface area contributed by atoms with Crippen LogP contribution in [-0.4, -0.2) is 18.0 Å². The van der Waals surface area contributed by atoms with Gasteiger partial charge in [-0.2, -0.15) is 0 Å². The predicted octanol–water partition coefficient (Wildman–Crippen LogP) is 4.49. The molecule has 0 heterocycles. The van der Waals surface area contributed by atoms with Crippen LogP contribution < -0.4 is 10.6 Å². The van der Waals surface area contributed by atoms with Gasteiger partial charge < -0.3 is 10.6 Å². The Morgan fingerprint density at radius 3 is 2.55 bits per heavy atom. The van der Waals surface area contributed by atoms with E-state index in [0.717, 1.165) is 24.9 Å². The number of benzene rings is 1. The van der Waals surface area contributed by atoms with Gasteiger partial charge in [0.25, 0.3) is 0 Å². The van der Waals surface area contributed by atoms with Crippen molar-refractivity contribution in [2.75, 3.05) is 5.32 Å². The topological polar surface area (TPSA) is 41.1 Å². The normalized spacial score (nSPS) is 13.7. The summed E-state index contributed by atoms with van der Waals surface area (Å²) in [4.78, 5) is 12.0. The predicted molar refractivity (Wildman–Crippen MR) is 86.7 cm³/mol. The Bertz CT molecular complexity index is 451. The Balaban J connectivity index is 2.50. The number of hydrogen-bond donors (Lipinski definition) is 2. The lowest BCUT2D eigenvalue weighted by molar-refractivity contribution is -0.122. The second-order valence-corrected chi connectivity index (χ2v) is 5.86. The standard InChI is InChI=1S/C15H22Cl2N2O/c1-4-5-6-10(2)18-15(20)11(3)19-12-7-8-13(16)14(17)9-12/h7-11,19H,4-6H2,1-3H3,(H,18,20)/t10-,11?/m0/s1. The van der Waals surface area contributed by atoms with Crippen LogP contribution in [0, 0.1) is 0 Å². The smallest absolute Gasteiger partial charge is 0.242 e. The molecule has 0 saturated carbocycles. The summed E-state index contributed by atoms with van der Waals surface area (Å²) < 4.78 is 0. The van der Waals surface area contributed by atoms with E-state index < -0.39 is 0 Å². The molecule has 3 nitrogen and oxygen atoms in total. The van der Waals surface area contributed by atoms with Crippen molar-refractivity contribution in [2.45, 2.75) is 52.1 Å². The Hall–Kier alpha value is -0.930. The van der Waals surface area contributed by atoms with Crippen molar-refractivity contribution in [3.05, 3.63) is 28.2 Å². The van der Waals surface area contributed by atoms with Gasteiger partial charge in [0.05, 0.1) is 10.0 Å². The van der Waals surface area contributed by atoms with Crippen LogP contribution in [0.3, 0.4) is 0 Å². The molecular weight excluding hydrogens is 295 g/mol. The van der Waals surface area contributed by atoms with E-state index in [9.17, 15) is 4.79 Å². The molecule has 0 aromatic heterocycles. The van der Waals surface area contributed by atoms with E-state index in [1.807, 2.05) is 13.8 Å². The average Bonchev–Trinajstić information content (AvgIpc) is 2.40. The van der Waals surface area contributed by atoms with Gasteiger partial charge in [0.2, 0.25) is 5.91 Å². The number of unbranched alkanes of at least 4 members (excludes halogenated alkanes) is 1. The highest BCUT2D eigenvalue weighted by atomic mass is 35.5. The maximum absolute atomic E-state index is 12.0. The fourth-order valence-corrected chi connectivity index (χ4v) is 2.15. The molecule has 0 aliphatic heterocycles. The maximum atomic E-state index is 12.0. The van der Waals surface area contributed by atoms with Crippen LogP contribution in [-0.2, 0) is 4.79 Å². The van der Waals surface area contributed by atoms with E-state index >= 15 is 0 Å². The van der Waals surface area contributed by atoms with Crippen molar-refractivity contribution in [3.8, 4) is 0 Å². The molecule has 0 bridgehead atoms. The van der Waals surface area contributed by atoms with Crippen molar-refractivity contribution >= 4 is 34.8 Å². The molecule has 0 saturated heterocycles. The number of rotatable bonds is 7. The van der Waals surface area contributed by atoms with E-state index in [-0.39, 0.29) is 18.0 Å². The van der Waals surface area contributed by atoms with E-state index in [2.05, 4.69) is 17.6 Å². The summed E-state index contributed by atoms with van der Waals surface area (Å²) in [5.41, 5.74) is 0.781. The van der Waals surface area contributed by atoms with Crippen LogP contribution in [0.1, 0.15) is 40.0 Å². The van der Waals surface area contributed by atoms with Crippen molar-refractivity contribution in [2.24, 2.45) is 0 Å². The first-order valence-corrected chi connectivity index (χ1v) is 7.71. The number of carbonyl (C=O) groups excluding carboxylic acids is 1. The van der Waals surface area contributed by atoms with Gasteiger partial charge in [-0.05, 0) is 38.5 Å². The van der Waals surface area contributed by atoms with Gasteiger partial charge in [-0.25, -0.2) is 0 Å². The van der Waals surface area contributed by atoms with Gasteiger partial charge in [0, 0.05) is 11.7 Å². The molecule has 1 amide bonds. The van der Waals surface area contributed by atoms with Gasteiger partial charge in [0.15, 0.2) is 0 Å². The highest BCUT2D eigenvalue weighted by molar-refractivity contribution is 6.42. The average molecular weight is 317 g/mol. The minimum Gasteiger partial charge on any atom is -0.374 e. The van der Waals surface area contributed by atoms with Gasteiger partial charge in [-0.1, -0.05) is 43.0 Å². The highest BCUT2D eigenvalue weighted by Crippen LogP contribution is 2.25. The zero-order chi connectivity index (χ0) is 15.1. The van der Waals surface area contributed by atoms with Crippen LogP contribution >= 0.6 is 23.2 Å². The third kappa shape index (κ3) is 5.59. The Morgan fingerprint density at radius 1 is 1.25 bits per heavy atom. The van der Waals surface area contributed by atoms with E-state index in [1.165, 1.54) is 0 Å². The quantitative estimate of drug-likeness (QED) is 0.778. The number of halogens is 2. The molecule has 2 atom stereocenters. The Labute approximate surface area is 131 Å². The van der Waals surface area contributed by atoms with Crippen molar-refractivity contribution in [3.63, 3.8) is 0 Å². The summed E-state index contributed by atoms with van der Waals surface area (Å²) in [6.07, 6.45) is 3.26. The molecule has 5 heteroatoms. The molecular formula is C15H22Cl2N2O. The molecule has 0 radical (unpaired) electrons. The van der Waals surface area contributed by atoms with Crippen molar-refractivity contribution < 1.29 is 4.79 Å². The first-order chi connectivity index (χ1) is 9.43. The highest BCUT2D eigenvalue weighted by Gasteiger charge is 2.15. The minimum absolute atomic E-state index is 0.0142. The van der Waals surface area contributed by atoms with Crippen LogP contribution in [0.5, 0.6) is 0 Å². The lowest BCUT2D eigenvalue weighted by atomic mass is 10.1. The lowest BCUT2D eigenvalue weighted by Gasteiger charge is -2.19. The molecule has 1 rings (SSSR count). The fraction of sp³-hybridized carbons (Fsp3) is 0.533. The van der Waals surface area contributed by atoms with Crippen molar-refractivity contribution in [1.82, 2.24) is 5.32 Å². The monoisotopic (exact) mass is 316 g/mol. The van der Waals surface area contributed by atoms with Crippen molar-refractivity contribution in [1.29, 1.82) is 0 Å². The van der Waals surface area contributed by atoms with Gasteiger partial charge in [-0.3, -0.25) is 4.79 Å². The SMILES string of the molecule is CCCC[C@H](C)NC(=O)C(C)Nc1ccc(Cl)c(Cl)c1. The van der Waals surface area contributed by atoms with Gasteiger partial charge >= 0.3 is 0 Å². The molecule has 0 aliphatic rings. The molecule has 2 N–H and O–H groups in total. The Kier molecular flexibility index (Phi) is 7.17. The first kappa shape index (κ1) is 17.1. The number of nitrogens with one attached hydrogen (secondary N) is 2. The van der Waals surface area contributed by atoms with E-state index in [4.69, 9.17) is 23.2 Å². The molecule has 0 spiro atoms. The summed E-state index contributed by atoms with van der Waals surface area (Å²) in [7, 11) is 0. The number of hydrogen-bond acceptors (Lipinski definition) is 2. The van der Waals surface area contributed by atoms with Crippen LogP contribution in [0.15, 0.2) is 18.2 Å². The summed E-state index contributed by atoms with van der Waals surface area (Å²) >= 11 is 11.8. The second-order valence-electron chi connectivity index (χ2n) is 5.05. The van der Waals surface area contributed by atoms with Gasteiger partial charge in [-0.15, -0.1) is 0 Å².